The maximum Gasteiger partial charge on any atom is 0.0612 e. The molecular weight excluding hydrogens is 186 g/mol. The van der Waals surface area contributed by atoms with E-state index >= 15 is 0 Å². The van der Waals surface area contributed by atoms with Crippen LogP contribution < -0.4 is 5.32 Å². The predicted octanol–water partition coefficient (Wildman–Crippen LogP) is 2.58. The third-order valence-corrected chi connectivity index (χ3v) is 4.01. The van der Waals surface area contributed by atoms with Crippen LogP contribution in [0.15, 0.2) is 0 Å². The molecule has 2 nitrogen and oxygen atoms in total. The molecule has 2 rings (SSSR count). The van der Waals surface area contributed by atoms with E-state index in [0.29, 0.717) is 23.5 Å². The van der Waals surface area contributed by atoms with Crippen molar-refractivity contribution in [2.24, 2.45) is 11.3 Å². The first-order chi connectivity index (χ1) is 6.99. The van der Waals surface area contributed by atoms with Crippen molar-refractivity contribution in [1.29, 1.82) is 0 Å². The minimum Gasteiger partial charge on any atom is -0.378 e. The number of hydrogen-bond donors (Lipinski definition) is 1. The molecule has 1 heterocycles. The van der Waals surface area contributed by atoms with Crippen molar-refractivity contribution >= 4 is 0 Å². The Bertz CT molecular complexity index is 223. The summed E-state index contributed by atoms with van der Waals surface area (Å²) in [6.45, 7) is 10.2. The topological polar surface area (TPSA) is 21.3 Å². The van der Waals surface area contributed by atoms with Gasteiger partial charge in [-0.25, -0.2) is 0 Å². The molecule has 1 saturated heterocycles. The smallest absolute Gasteiger partial charge is 0.0612 e. The molecule has 2 heteroatoms. The first kappa shape index (κ1) is 11.4. The van der Waals surface area contributed by atoms with Crippen molar-refractivity contribution in [3.8, 4) is 0 Å². The van der Waals surface area contributed by atoms with Gasteiger partial charge in [0.05, 0.1) is 6.10 Å². The lowest BCUT2D eigenvalue weighted by atomic mass is 9.95. The molecule has 0 radical (unpaired) electrons. The number of ether oxygens (including phenoxy) is 1. The van der Waals surface area contributed by atoms with E-state index in [4.69, 9.17) is 4.74 Å². The third kappa shape index (κ3) is 2.73. The van der Waals surface area contributed by atoms with Crippen molar-refractivity contribution in [2.45, 2.75) is 65.1 Å². The highest BCUT2D eigenvalue weighted by Crippen LogP contribution is 2.45. The van der Waals surface area contributed by atoms with Crippen LogP contribution in [-0.2, 0) is 4.74 Å². The first-order valence-corrected chi connectivity index (χ1v) is 6.36. The average molecular weight is 211 g/mol. The van der Waals surface area contributed by atoms with Crippen LogP contribution in [-0.4, -0.2) is 24.8 Å². The third-order valence-electron chi connectivity index (χ3n) is 4.01. The van der Waals surface area contributed by atoms with Crippen molar-refractivity contribution in [1.82, 2.24) is 5.32 Å². The summed E-state index contributed by atoms with van der Waals surface area (Å²) in [5.41, 5.74) is 0.547. The molecule has 2 fully saturated rings. The molecule has 0 bridgehead atoms. The maximum absolute atomic E-state index is 5.78. The normalized spacial score (nSPS) is 39.4. The van der Waals surface area contributed by atoms with Crippen LogP contribution in [0.4, 0.5) is 0 Å². The molecule has 0 aromatic heterocycles. The summed E-state index contributed by atoms with van der Waals surface area (Å²) in [5.74, 6) is 0.654. The molecule has 3 unspecified atom stereocenters. The lowest BCUT2D eigenvalue weighted by molar-refractivity contribution is -0.0249. The summed E-state index contributed by atoms with van der Waals surface area (Å²) in [6, 6.07) is 1.45. The number of hydrogen-bond acceptors (Lipinski definition) is 2. The zero-order valence-corrected chi connectivity index (χ0v) is 10.5. The van der Waals surface area contributed by atoms with Crippen molar-refractivity contribution < 1.29 is 4.74 Å². The fraction of sp³-hybridized carbons (Fsp3) is 1.00. The molecular formula is C13H25NO. The Morgan fingerprint density at radius 2 is 2.00 bits per heavy atom. The number of nitrogens with one attached hydrogen (secondary N) is 1. The van der Waals surface area contributed by atoms with Gasteiger partial charge < -0.3 is 10.1 Å². The van der Waals surface area contributed by atoms with Gasteiger partial charge in [0, 0.05) is 18.7 Å². The molecule has 1 N–H and O–H groups in total. The fourth-order valence-electron chi connectivity index (χ4n) is 2.48. The molecule has 0 aromatic carbocycles. The van der Waals surface area contributed by atoms with Crippen molar-refractivity contribution in [3.05, 3.63) is 0 Å². The fourth-order valence-corrected chi connectivity index (χ4v) is 2.48. The molecule has 0 spiro atoms. The molecule has 1 aliphatic carbocycles. The summed E-state index contributed by atoms with van der Waals surface area (Å²) in [6.07, 6.45) is 4.20. The molecule has 88 valence electrons. The quantitative estimate of drug-likeness (QED) is 0.774. The van der Waals surface area contributed by atoms with Crippen LogP contribution in [0, 0.1) is 11.3 Å². The molecule has 15 heavy (non-hydrogen) atoms. The van der Waals surface area contributed by atoms with Crippen LogP contribution in [0.2, 0.25) is 0 Å². The Kier molecular flexibility index (Phi) is 3.09. The second-order valence-corrected chi connectivity index (χ2v) is 6.29. The van der Waals surface area contributed by atoms with E-state index in [1.54, 1.807) is 0 Å². The van der Waals surface area contributed by atoms with Crippen LogP contribution in [0.1, 0.15) is 47.0 Å². The van der Waals surface area contributed by atoms with Crippen molar-refractivity contribution in [2.75, 3.05) is 6.61 Å². The average Bonchev–Trinajstić information content (AvgIpc) is 2.74. The van der Waals surface area contributed by atoms with Gasteiger partial charge in [-0.3, -0.25) is 0 Å². The minimum atomic E-state index is 0.470. The molecule has 3 atom stereocenters. The van der Waals surface area contributed by atoms with Gasteiger partial charge in [-0.2, -0.15) is 0 Å². The summed E-state index contributed by atoms with van der Waals surface area (Å²) < 4.78 is 5.78. The highest BCUT2D eigenvalue weighted by Gasteiger charge is 2.46. The van der Waals surface area contributed by atoms with E-state index < -0.39 is 0 Å². The van der Waals surface area contributed by atoms with Gasteiger partial charge in [0.2, 0.25) is 0 Å². The SMILES string of the molecule is CC(C)C1CC(NC2CC2(C)C)CCO1. The van der Waals surface area contributed by atoms with Gasteiger partial charge in [-0.1, -0.05) is 27.7 Å². The van der Waals surface area contributed by atoms with Gasteiger partial charge in [0.15, 0.2) is 0 Å². The molecule has 1 aliphatic heterocycles. The van der Waals surface area contributed by atoms with Gasteiger partial charge in [0.25, 0.3) is 0 Å². The predicted molar refractivity (Wildman–Crippen MR) is 62.9 cm³/mol. The lowest BCUT2D eigenvalue weighted by Gasteiger charge is -2.33. The maximum atomic E-state index is 5.78. The van der Waals surface area contributed by atoms with Crippen molar-refractivity contribution in [3.63, 3.8) is 0 Å². The first-order valence-electron chi connectivity index (χ1n) is 6.36. The summed E-state index contributed by atoms with van der Waals surface area (Å²) >= 11 is 0. The Morgan fingerprint density at radius 1 is 1.33 bits per heavy atom. The standard InChI is InChI=1S/C13H25NO/c1-9(2)11-7-10(5-6-15-11)14-12-8-13(12,3)4/h9-12,14H,5-8H2,1-4H3. The second-order valence-electron chi connectivity index (χ2n) is 6.29. The van der Waals surface area contributed by atoms with E-state index in [0.717, 1.165) is 12.6 Å². The van der Waals surface area contributed by atoms with Crippen LogP contribution in [0.5, 0.6) is 0 Å². The van der Waals surface area contributed by atoms with E-state index in [-0.39, 0.29) is 0 Å². The lowest BCUT2D eigenvalue weighted by Crippen LogP contribution is -2.42. The molecule has 0 amide bonds. The number of rotatable bonds is 3. The zero-order valence-electron chi connectivity index (χ0n) is 10.5. The summed E-state index contributed by atoms with van der Waals surface area (Å²) in [4.78, 5) is 0. The Balaban J connectivity index is 1.78. The molecule has 1 saturated carbocycles. The highest BCUT2D eigenvalue weighted by atomic mass is 16.5. The Morgan fingerprint density at radius 3 is 2.53 bits per heavy atom. The van der Waals surface area contributed by atoms with Gasteiger partial charge in [-0.05, 0) is 30.6 Å². The molecule has 0 aromatic rings. The Hall–Kier alpha value is -0.0800. The van der Waals surface area contributed by atoms with Crippen LogP contribution >= 0.6 is 0 Å². The largest absolute Gasteiger partial charge is 0.378 e. The minimum absolute atomic E-state index is 0.470. The van der Waals surface area contributed by atoms with E-state index in [9.17, 15) is 0 Å². The zero-order chi connectivity index (χ0) is 11.1. The van der Waals surface area contributed by atoms with Crippen LogP contribution in [0.3, 0.4) is 0 Å². The highest BCUT2D eigenvalue weighted by molar-refractivity contribution is 5.03. The van der Waals surface area contributed by atoms with Gasteiger partial charge in [-0.15, -0.1) is 0 Å². The second kappa shape index (κ2) is 4.06. The summed E-state index contributed by atoms with van der Waals surface area (Å²) in [7, 11) is 0. The Labute approximate surface area is 93.8 Å². The summed E-state index contributed by atoms with van der Waals surface area (Å²) in [5, 5.41) is 3.79. The monoisotopic (exact) mass is 211 g/mol. The van der Waals surface area contributed by atoms with E-state index in [2.05, 4.69) is 33.0 Å². The van der Waals surface area contributed by atoms with Gasteiger partial charge >= 0.3 is 0 Å². The van der Waals surface area contributed by atoms with Crippen LogP contribution in [0.25, 0.3) is 0 Å². The van der Waals surface area contributed by atoms with E-state index in [1.165, 1.54) is 19.3 Å². The molecule has 2 aliphatic rings. The van der Waals surface area contributed by atoms with E-state index in [1.807, 2.05) is 0 Å². The van der Waals surface area contributed by atoms with Gasteiger partial charge in [0.1, 0.15) is 0 Å².